The van der Waals surface area contributed by atoms with Crippen LogP contribution in [-0.2, 0) is 23.7 Å². The second-order valence-corrected chi connectivity index (χ2v) is 10.5. The molecular formula is C21H29ClN6O5S. The molecule has 4 atom stereocenters. The molecule has 1 amide bonds. The van der Waals surface area contributed by atoms with Gasteiger partial charge in [0.05, 0.1) is 25.4 Å². The van der Waals surface area contributed by atoms with Gasteiger partial charge in [-0.05, 0) is 20.3 Å². The Bertz CT molecular complexity index is 1050. The minimum absolute atomic E-state index is 0.0195. The Labute approximate surface area is 206 Å². The number of ether oxygens (including phenoxy) is 4. The molecule has 2 aromatic rings. The summed E-state index contributed by atoms with van der Waals surface area (Å²) in [5.74, 6) is 0.0508. The lowest BCUT2D eigenvalue weighted by atomic mass is 10.2. The molecule has 1 aliphatic carbocycles. The standard InChI is InChI=1S/C21H29ClN6O5S/c1-4-9-34-20-23-18(22)15-19(24-20)28(26-25-15)12-10-13(17-16(12)32-21(2,3)33-17)31-11-14(29)27-5-7-30-8-6-27/h12-13,16-17H,4-11H2,1-3H3/t12-,13+,16+,17-/m1/s1. The largest absolute Gasteiger partial charge is 0.378 e. The zero-order valence-corrected chi connectivity index (χ0v) is 21.0. The molecule has 0 aromatic carbocycles. The molecule has 11 nitrogen and oxygen atoms in total. The third kappa shape index (κ3) is 4.76. The molecule has 5 rings (SSSR count). The van der Waals surface area contributed by atoms with Crippen LogP contribution in [0.15, 0.2) is 5.16 Å². The molecule has 2 saturated heterocycles. The molecule has 0 N–H and O–H groups in total. The summed E-state index contributed by atoms with van der Waals surface area (Å²) in [4.78, 5) is 23.4. The lowest BCUT2D eigenvalue weighted by molar-refractivity contribution is -0.172. The molecule has 3 fully saturated rings. The van der Waals surface area contributed by atoms with E-state index < -0.39 is 5.79 Å². The SMILES string of the molecule is CCCSc1nc(Cl)c2nnn([C@@H]3C[C@H](OCC(=O)N4CCOCC4)[C@H]4OC(C)(C)O[C@H]43)c2n1. The third-order valence-electron chi connectivity index (χ3n) is 6.18. The number of morpholine rings is 1. The van der Waals surface area contributed by atoms with Gasteiger partial charge in [-0.1, -0.05) is 35.5 Å². The summed E-state index contributed by atoms with van der Waals surface area (Å²) in [6.45, 7) is 8.09. The van der Waals surface area contributed by atoms with Gasteiger partial charge in [0.15, 0.2) is 27.3 Å². The molecule has 2 aliphatic heterocycles. The van der Waals surface area contributed by atoms with E-state index in [1.807, 2.05) is 13.8 Å². The Morgan fingerprint density at radius 2 is 2.00 bits per heavy atom. The van der Waals surface area contributed by atoms with Crippen LogP contribution in [0.1, 0.15) is 39.7 Å². The molecule has 0 radical (unpaired) electrons. The lowest BCUT2D eigenvalue weighted by Gasteiger charge is -2.28. The van der Waals surface area contributed by atoms with Crippen molar-refractivity contribution < 1.29 is 23.7 Å². The summed E-state index contributed by atoms with van der Waals surface area (Å²) in [6, 6.07) is -0.241. The Kier molecular flexibility index (Phi) is 6.97. The van der Waals surface area contributed by atoms with Crippen molar-refractivity contribution in [1.82, 2.24) is 29.9 Å². The van der Waals surface area contributed by atoms with Crippen molar-refractivity contribution in [3.05, 3.63) is 5.15 Å². The predicted molar refractivity (Wildman–Crippen MR) is 124 cm³/mol. The summed E-state index contributed by atoms with van der Waals surface area (Å²) < 4.78 is 25.6. The van der Waals surface area contributed by atoms with Crippen LogP contribution in [0.25, 0.3) is 11.2 Å². The summed E-state index contributed by atoms with van der Waals surface area (Å²) in [5.41, 5.74) is 1.00. The van der Waals surface area contributed by atoms with Crippen LogP contribution in [0.2, 0.25) is 5.15 Å². The number of amides is 1. The van der Waals surface area contributed by atoms with Crippen molar-refractivity contribution in [3.63, 3.8) is 0 Å². The molecule has 0 unspecified atom stereocenters. The van der Waals surface area contributed by atoms with E-state index in [0.29, 0.717) is 49.0 Å². The number of thioether (sulfide) groups is 1. The van der Waals surface area contributed by atoms with Crippen LogP contribution >= 0.6 is 23.4 Å². The van der Waals surface area contributed by atoms with Gasteiger partial charge in [0, 0.05) is 25.3 Å². The van der Waals surface area contributed by atoms with E-state index >= 15 is 0 Å². The second-order valence-electron chi connectivity index (χ2n) is 9.06. The maximum absolute atomic E-state index is 12.6. The van der Waals surface area contributed by atoms with Crippen molar-refractivity contribution in [3.8, 4) is 0 Å². The van der Waals surface area contributed by atoms with E-state index in [9.17, 15) is 4.79 Å². The van der Waals surface area contributed by atoms with Crippen molar-refractivity contribution in [1.29, 1.82) is 0 Å². The zero-order chi connectivity index (χ0) is 23.9. The smallest absolute Gasteiger partial charge is 0.248 e. The Morgan fingerprint density at radius 3 is 2.76 bits per heavy atom. The lowest BCUT2D eigenvalue weighted by Crippen LogP contribution is -2.43. The highest BCUT2D eigenvalue weighted by Crippen LogP contribution is 2.45. The third-order valence-corrected chi connectivity index (χ3v) is 7.49. The van der Waals surface area contributed by atoms with Crippen molar-refractivity contribution >= 4 is 40.4 Å². The average molecular weight is 513 g/mol. The molecule has 3 aliphatic rings. The predicted octanol–water partition coefficient (Wildman–Crippen LogP) is 2.09. The van der Waals surface area contributed by atoms with Gasteiger partial charge >= 0.3 is 0 Å². The number of rotatable bonds is 7. The highest BCUT2D eigenvalue weighted by molar-refractivity contribution is 7.99. The van der Waals surface area contributed by atoms with Crippen molar-refractivity contribution in [2.45, 2.75) is 68.9 Å². The van der Waals surface area contributed by atoms with Crippen molar-refractivity contribution in [2.75, 3.05) is 38.7 Å². The van der Waals surface area contributed by atoms with Gasteiger partial charge < -0.3 is 23.8 Å². The van der Waals surface area contributed by atoms with E-state index in [1.54, 1.807) is 21.3 Å². The van der Waals surface area contributed by atoms with Crippen LogP contribution in [0.4, 0.5) is 0 Å². The minimum atomic E-state index is -0.783. The van der Waals surface area contributed by atoms with Crippen molar-refractivity contribution in [2.24, 2.45) is 0 Å². The van der Waals surface area contributed by atoms with Gasteiger partial charge in [-0.15, -0.1) is 5.10 Å². The quantitative estimate of drug-likeness (QED) is 0.310. The van der Waals surface area contributed by atoms with E-state index in [2.05, 4.69) is 27.2 Å². The zero-order valence-electron chi connectivity index (χ0n) is 19.5. The van der Waals surface area contributed by atoms with Crippen LogP contribution < -0.4 is 0 Å². The van der Waals surface area contributed by atoms with Crippen LogP contribution in [0.3, 0.4) is 0 Å². The normalized spacial score (nSPS) is 28.5. The highest BCUT2D eigenvalue weighted by atomic mass is 35.5. The number of nitrogens with zero attached hydrogens (tertiary/aromatic N) is 6. The second kappa shape index (κ2) is 9.82. The fourth-order valence-electron chi connectivity index (χ4n) is 4.65. The first-order chi connectivity index (χ1) is 16.4. The van der Waals surface area contributed by atoms with Gasteiger partial charge in [-0.3, -0.25) is 4.79 Å². The molecule has 1 saturated carbocycles. The van der Waals surface area contributed by atoms with Gasteiger partial charge in [0.1, 0.15) is 18.8 Å². The maximum Gasteiger partial charge on any atom is 0.248 e. The van der Waals surface area contributed by atoms with Gasteiger partial charge in [-0.2, -0.15) is 0 Å². The summed E-state index contributed by atoms with van der Waals surface area (Å²) in [6.07, 6.45) is 0.522. The minimum Gasteiger partial charge on any atom is -0.378 e. The molecular weight excluding hydrogens is 484 g/mol. The Balaban J connectivity index is 1.38. The van der Waals surface area contributed by atoms with Crippen LogP contribution in [0.5, 0.6) is 0 Å². The van der Waals surface area contributed by atoms with Gasteiger partial charge in [0.2, 0.25) is 5.91 Å². The molecule has 0 spiro atoms. The molecule has 0 bridgehead atoms. The van der Waals surface area contributed by atoms with Crippen LogP contribution in [0, 0.1) is 0 Å². The fourth-order valence-corrected chi connectivity index (χ4v) is 5.60. The number of fused-ring (bicyclic) bond motifs is 2. The molecule has 186 valence electrons. The van der Waals surface area contributed by atoms with E-state index in [0.717, 1.165) is 12.2 Å². The Morgan fingerprint density at radius 1 is 1.24 bits per heavy atom. The number of halogens is 1. The number of carbonyl (C=O) groups is 1. The number of hydrogen-bond donors (Lipinski definition) is 0. The molecule has 4 heterocycles. The molecule has 34 heavy (non-hydrogen) atoms. The monoisotopic (exact) mass is 512 g/mol. The number of aromatic nitrogens is 5. The topological polar surface area (TPSA) is 114 Å². The molecule has 13 heteroatoms. The van der Waals surface area contributed by atoms with E-state index in [-0.39, 0.29) is 42.0 Å². The first kappa shape index (κ1) is 24.1. The molecule has 2 aromatic heterocycles. The van der Waals surface area contributed by atoms with Gasteiger partial charge in [0.25, 0.3) is 0 Å². The maximum atomic E-state index is 12.6. The first-order valence-corrected chi connectivity index (χ1v) is 13.0. The number of hydrogen-bond acceptors (Lipinski definition) is 10. The van der Waals surface area contributed by atoms with E-state index in [1.165, 1.54) is 0 Å². The van der Waals surface area contributed by atoms with Crippen LogP contribution in [-0.4, -0.2) is 98.5 Å². The fraction of sp³-hybridized carbons (Fsp3) is 0.762. The summed E-state index contributed by atoms with van der Waals surface area (Å²) in [7, 11) is 0. The average Bonchev–Trinajstić information content (AvgIpc) is 3.47. The summed E-state index contributed by atoms with van der Waals surface area (Å²) >= 11 is 7.93. The van der Waals surface area contributed by atoms with Gasteiger partial charge in [-0.25, -0.2) is 14.6 Å². The summed E-state index contributed by atoms with van der Waals surface area (Å²) in [5, 5.41) is 9.46. The Hall–Kier alpha value is -1.57. The first-order valence-electron chi connectivity index (χ1n) is 11.6. The highest BCUT2D eigenvalue weighted by Gasteiger charge is 2.56. The number of carbonyl (C=O) groups excluding carboxylic acids is 1. The van der Waals surface area contributed by atoms with E-state index in [4.69, 9.17) is 30.5 Å².